The molecule has 0 amide bonds. The molecule has 76 valence electrons. The first kappa shape index (κ1) is 9.99. The lowest BCUT2D eigenvalue weighted by atomic mass is 10.1. The van der Waals surface area contributed by atoms with Crippen LogP contribution in [0.4, 0.5) is 4.39 Å². The topological polar surface area (TPSA) is 20.2 Å². The SMILES string of the molecule is Oc1ccc(-c2cccc(Cl)c2)cc1F. The van der Waals surface area contributed by atoms with E-state index in [0.717, 1.165) is 5.56 Å². The molecule has 0 aliphatic heterocycles. The molecule has 0 radical (unpaired) electrons. The summed E-state index contributed by atoms with van der Waals surface area (Å²) < 4.78 is 13.1. The molecule has 2 rings (SSSR count). The zero-order chi connectivity index (χ0) is 10.8. The summed E-state index contributed by atoms with van der Waals surface area (Å²) in [4.78, 5) is 0. The van der Waals surface area contributed by atoms with Crippen molar-refractivity contribution in [3.05, 3.63) is 53.3 Å². The molecule has 1 N–H and O–H groups in total. The Morgan fingerprint density at radius 2 is 1.73 bits per heavy atom. The Balaban J connectivity index is 2.50. The Labute approximate surface area is 91.8 Å². The Bertz CT molecular complexity index is 497. The number of hydrogen-bond donors (Lipinski definition) is 1. The molecular weight excluding hydrogens is 215 g/mol. The van der Waals surface area contributed by atoms with Gasteiger partial charge in [0.2, 0.25) is 0 Å². The minimum absolute atomic E-state index is 0.347. The van der Waals surface area contributed by atoms with Gasteiger partial charge in [0, 0.05) is 5.02 Å². The first-order valence-electron chi connectivity index (χ1n) is 4.41. The van der Waals surface area contributed by atoms with Crippen LogP contribution in [-0.4, -0.2) is 5.11 Å². The third kappa shape index (κ3) is 2.10. The van der Waals surface area contributed by atoms with Crippen molar-refractivity contribution in [3.8, 4) is 16.9 Å². The van der Waals surface area contributed by atoms with E-state index in [-0.39, 0.29) is 5.75 Å². The predicted octanol–water partition coefficient (Wildman–Crippen LogP) is 3.85. The lowest BCUT2D eigenvalue weighted by Crippen LogP contribution is -1.81. The van der Waals surface area contributed by atoms with Crippen LogP contribution in [0.15, 0.2) is 42.5 Å². The summed E-state index contributed by atoms with van der Waals surface area (Å²) in [7, 11) is 0. The smallest absolute Gasteiger partial charge is 0.165 e. The van der Waals surface area contributed by atoms with Gasteiger partial charge in [0.05, 0.1) is 0 Å². The van der Waals surface area contributed by atoms with Crippen LogP contribution in [-0.2, 0) is 0 Å². The standard InChI is InChI=1S/C12H8ClFO/c13-10-3-1-2-8(6-10)9-4-5-12(15)11(14)7-9/h1-7,15H. The first-order valence-corrected chi connectivity index (χ1v) is 4.79. The highest BCUT2D eigenvalue weighted by Crippen LogP contribution is 2.26. The zero-order valence-corrected chi connectivity index (χ0v) is 8.50. The van der Waals surface area contributed by atoms with E-state index >= 15 is 0 Å². The van der Waals surface area contributed by atoms with Crippen molar-refractivity contribution in [2.75, 3.05) is 0 Å². The molecule has 0 saturated carbocycles. The van der Waals surface area contributed by atoms with Crippen LogP contribution >= 0.6 is 11.6 Å². The van der Waals surface area contributed by atoms with E-state index in [1.807, 2.05) is 6.07 Å². The summed E-state index contributed by atoms with van der Waals surface area (Å²) in [5.41, 5.74) is 1.51. The fraction of sp³-hybridized carbons (Fsp3) is 0. The summed E-state index contributed by atoms with van der Waals surface area (Å²) >= 11 is 5.82. The van der Waals surface area contributed by atoms with Crippen molar-refractivity contribution in [3.63, 3.8) is 0 Å². The minimum Gasteiger partial charge on any atom is -0.505 e. The molecule has 0 unspecified atom stereocenters. The Hall–Kier alpha value is -1.54. The normalized spacial score (nSPS) is 10.3. The monoisotopic (exact) mass is 222 g/mol. The molecule has 0 aliphatic carbocycles. The molecule has 0 aromatic heterocycles. The molecule has 1 nitrogen and oxygen atoms in total. The van der Waals surface area contributed by atoms with E-state index in [1.54, 1.807) is 24.3 Å². The van der Waals surface area contributed by atoms with Gasteiger partial charge in [-0.15, -0.1) is 0 Å². The van der Waals surface area contributed by atoms with E-state index in [9.17, 15) is 4.39 Å². The van der Waals surface area contributed by atoms with Crippen molar-refractivity contribution in [1.29, 1.82) is 0 Å². The lowest BCUT2D eigenvalue weighted by molar-refractivity contribution is 0.432. The van der Waals surface area contributed by atoms with Gasteiger partial charge in [-0.05, 0) is 35.4 Å². The van der Waals surface area contributed by atoms with Crippen LogP contribution < -0.4 is 0 Å². The van der Waals surface area contributed by atoms with Crippen molar-refractivity contribution >= 4 is 11.6 Å². The average Bonchev–Trinajstić information content (AvgIpc) is 2.22. The van der Waals surface area contributed by atoms with Gasteiger partial charge in [-0.1, -0.05) is 29.8 Å². The largest absolute Gasteiger partial charge is 0.505 e. The fourth-order valence-electron chi connectivity index (χ4n) is 1.35. The molecule has 0 saturated heterocycles. The van der Waals surface area contributed by atoms with Gasteiger partial charge in [0.15, 0.2) is 11.6 Å². The van der Waals surface area contributed by atoms with Crippen molar-refractivity contribution in [2.45, 2.75) is 0 Å². The predicted molar refractivity (Wildman–Crippen MR) is 58.5 cm³/mol. The van der Waals surface area contributed by atoms with E-state index < -0.39 is 5.82 Å². The van der Waals surface area contributed by atoms with Crippen molar-refractivity contribution in [1.82, 2.24) is 0 Å². The number of phenols is 1. The zero-order valence-electron chi connectivity index (χ0n) is 7.74. The fourth-order valence-corrected chi connectivity index (χ4v) is 1.54. The summed E-state index contributed by atoms with van der Waals surface area (Å²) in [6.07, 6.45) is 0. The molecule has 0 atom stereocenters. The van der Waals surface area contributed by atoms with E-state index in [1.165, 1.54) is 12.1 Å². The molecule has 0 bridgehead atoms. The highest BCUT2D eigenvalue weighted by Gasteiger charge is 2.03. The summed E-state index contributed by atoms with van der Waals surface area (Å²) in [5.74, 6) is -0.978. The second-order valence-electron chi connectivity index (χ2n) is 3.18. The molecular formula is C12H8ClFO. The van der Waals surface area contributed by atoms with E-state index in [2.05, 4.69) is 0 Å². The molecule has 0 spiro atoms. The highest BCUT2D eigenvalue weighted by atomic mass is 35.5. The van der Waals surface area contributed by atoms with Gasteiger partial charge < -0.3 is 5.11 Å². The number of benzene rings is 2. The third-order valence-corrected chi connectivity index (χ3v) is 2.34. The Kier molecular flexibility index (Phi) is 2.60. The van der Waals surface area contributed by atoms with Crippen LogP contribution in [0.25, 0.3) is 11.1 Å². The molecule has 2 aromatic carbocycles. The number of halogens is 2. The second-order valence-corrected chi connectivity index (χ2v) is 3.61. The Morgan fingerprint density at radius 1 is 1.00 bits per heavy atom. The quantitative estimate of drug-likeness (QED) is 0.777. The molecule has 15 heavy (non-hydrogen) atoms. The molecule has 3 heteroatoms. The first-order chi connectivity index (χ1) is 7.16. The maximum atomic E-state index is 13.1. The van der Waals surface area contributed by atoms with Gasteiger partial charge in [-0.3, -0.25) is 0 Å². The van der Waals surface area contributed by atoms with Crippen LogP contribution in [0.1, 0.15) is 0 Å². The van der Waals surface area contributed by atoms with Crippen LogP contribution in [0.2, 0.25) is 5.02 Å². The van der Waals surface area contributed by atoms with Gasteiger partial charge in [0.25, 0.3) is 0 Å². The Morgan fingerprint density at radius 3 is 2.40 bits per heavy atom. The minimum atomic E-state index is -0.632. The summed E-state index contributed by atoms with van der Waals surface area (Å²) in [5, 5.41) is 9.64. The van der Waals surface area contributed by atoms with Crippen LogP contribution in [0.3, 0.4) is 0 Å². The number of hydrogen-bond acceptors (Lipinski definition) is 1. The molecule has 0 fully saturated rings. The van der Waals surface area contributed by atoms with Crippen molar-refractivity contribution < 1.29 is 9.50 Å². The van der Waals surface area contributed by atoms with Crippen molar-refractivity contribution in [2.24, 2.45) is 0 Å². The van der Waals surface area contributed by atoms with Gasteiger partial charge in [-0.25, -0.2) is 4.39 Å². The maximum absolute atomic E-state index is 13.1. The average molecular weight is 223 g/mol. The summed E-state index contributed by atoms with van der Waals surface area (Å²) in [6.45, 7) is 0. The molecule has 0 aliphatic rings. The summed E-state index contributed by atoms with van der Waals surface area (Å²) in [6, 6.07) is 11.4. The second kappa shape index (κ2) is 3.91. The van der Waals surface area contributed by atoms with Gasteiger partial charge in [0.1, 0.15) is 0 Å². The van der Waals surface area contributed by atoms with Crippen LogP contribution in [0, 0.1) is 5.82 Å². The van der Waals surface area contributed by atoms with Gasteiger partial charge in [-0.2, -0.15) is 0 Å². The van der Waals surface area contributed by atoms with E-state index in [4.69, 9.17) is 16.7 Å². The maximum Gasteiger partial charge on any atom is 0.165 e. The number of phenolic OH excluding ortho intramolecular Hbond substituents is 1. The third-order valence-electron chi connectivity index (χ3n) is 2.11. The highest BCUT2D eigenvalue weighted by molar-refractivity contribution is 6.30. The lowest BCUT2D eigenvalue weighted by Gasteiger charge is -2.03. The molecule has 0 heterocycles. The van der Waals surface area contributed by atoms with E-state index in [0.29, 0.717) is 10.6 Å². The van der Waals surface area contributed by atoms with Crippen LogP contribution in [0.5, 0.6) is 5.75 Å². The number of rotatable bonds is 1. The molecule has 2 aromatic rings. The number of aromatic hydroxyl groups is 1. The van der Waals surface area contributed by atoms with Gasteiger partial charge >= 0.3 is 0 Å².